The van der Waals surface area contributed by atoms with E-state index in [4.69, 9.17) is 4.74 Å². The van der Waals surface area contributed by atoms with Crippen molar-refractivity contribution < 1.29 is 9.84 Å². The zero-order valence-corrected chi connectivity index (χ0v) is 18.1. The second kappa shape index (κ2) is 8.35. The molecule has 2 aromatic carbocycles. The van der Waals surface area contributed by atoms with Crippen LogP contribution in [0, 0.1) is 0 Å². The average molecular weight is 432 g/mol. The molecule has 0 amide bonds. The highest BCUT2D eigenvalue weighted by Crippen LogP contribution is 2.33. The third kappa shape index (κ3) is 3.90. The van der Waals surface area contributed by atoms with Gasteiger partial charge in [-0.2, -0.15) is 4.98 Å². The monoisotopic (exact) mass is 431 g/mol. The number of ether oxygens (including phenoxy) is 1. The first-order chi connectivity index (χ1) is 15.6. The predicted octanol–water partition coefficient (Wildman–Crippen LogP) is 3.00. The van der Waals surface area contributed by atoms with Crippen LogP contribution >= 0.6 is 0 Å². The standard InChI is InChI=1S/C23H25N7O2/c1-28-8-10-29(11-9-28)19-7-6-17(13-21(19)32-2)25-23-26-22-15-24-14-20(30(22)27-23)16-4-3-5-18(31)12-16/h3-7,12-15,31H,8-11H2,1-2H3,(H,25,27). The maximum atomic E-state index is 9.83. The summed E-state index contributed by atoms with van der Waals surface area (Å²) in [4.78, 5) is 13.5. The van der Waals surface area contributed by atoms with Gasteiger partial charge in [0.1, 0.15) is 11.5 Å². The summed E-state index contributed by atoms with van der Waals surface area (Å²) in [7, 11) is 3.83. The number of nitrogens with zero attached hydrogens (tertiary/aromatic N) is 6. The van der Waals surface area contributed by atoms with Gasteiger partial charge in [0.2, 0.25) is 5.95 Å². The first-order valence-corrected chi connectivity index (χ1v) is 10.5. The summed E-state index contributed by atoms with van der Waals surface area (Å²) < 4.78 is 7.38. The number of methoxy groups -OCH3 is 1. The molecule has 1 saturated heterocycles. The van der Waals surface area contributed by atoms with E-state index >= 15 is 0 Å². The van der Waals surface area contributed by atoms with Gasteiger partial charge in [0, 0.05) is 43.5 Å². The molecular formula is C23H25N7O2. The lowest BCUT2D eigenvalue weighted by atomic mass is 10.1. The van der Waals surface area contributed by atoms with Crippen LogP contribution in [0.2, 0.25) is 0 Å². The van der Waals surface area contributed by atoms with Crippen molar-refractivity contribution in [3.63, 3.8) is 0 Å². The number of rotatable bonds is 5. The van der Waals surface area contributed by atoms with Crippen LogP contribution in [0.5, 0.6) is 11.5 Å². The van der Waals surface area contributed by atoms with E-state index in [0.29, 0.717) is 11.6 Å². The van der Waals surface area contributed by atoms with Gasteiger partial charge in [0.15, 0.2) is 5.65 Å². The number of aromatic nitrogens is 4. The van der Waals surface area contributed by atoms with Crippen molar-refractivity contribution in [3.05, 3.63) is 54.9 Å². The number of hydrogen-bond acceptors (Lipinski definition) is 8. The minimum atomic E-state index is 0.186. The lowest BCUT2D eigenvalue weighted by Gasteiger charge is -2.34. The molecule has 32 heavy (non-hydrogen) atoms. The number of fused-ring (bicyclic) bond motifs is 1. The molecule has 5 rings (SSSR count). The molecule has 0 spiro atoms. The third-order valence-corrected chi connectivity index (χ3v) is 5.67. The topological polar surface area (TPSA) is 91.0 Å². The molecule has 1 aliphatic heterocycles. The van der Waals surface area contributed by atoms with E-state index < -0.39 is 0 Å². The Kier molecular flexibility index (Phi) is 5.24. The smallest absolute Gasteiger partial charge is 0.247 e. The number of anilines is 3. The van der Waals surface area contributed by atoms with Gasteiger partial charge < -0.3 is 25.0 Å². The molecule has 9 nitrogen and oxygen atoms in total. The van der Waals surface area contributed by atoms with Gasteiger partial charge in [0.05, 0.1) is 30.9 Å². The maximum Gasteiger partial charge on any atom is 0.247 e. The molecule has 0 bridgehead atoms. The van der Waals surface area contributed by atoms with Crippen LogP contribution in [0.15, 0.2) is 54.9 Å². The molecular weight excluding hydrogens is 406 g/mol. The van der Waals surface area contributed by atoms with Crippen molar-refractivity contribution >= 4 is 23.0 Å². The second-order valence-electron chi connectivity index (χ2n) is 7.85. The van der Waals surface area contributed by atoms with Crippen molar-refractivity contribution in [1.82, 2.24) is 24.5 Å². The molecule has 3 heterocycles. The Hall–Kier alpha value is -3.85. The molecule has 4 aromatic rings. The first-order valence-electron chi connectivity index (χ1n) is 10.5. The van der Waals surface area contributed by atoms with Crippen LogP contribution in [-0.4, -0.2) is 69.9 Å². The van der Waals surface area contributed by atoms with E-state index in [1.807, 2.05) is 18.2 Å². The number of phenolic OH excluding ortho intramolecular Hbond substituents is 1. The summed E-state index contributed by atoms with van der Waals surface area (Å²) in [5.41, 5.74) is 4.07. The maximum absolute atomic E-state index is 9.83. The Morgan fingerprint density at radius 1 is 1.03 bits per heavy atom. The number of phenols is 1. The summed E-state index contributed by atoms with van der Waals surface area (Å²) in [6.45, 7) is 4.00. The summed E-state index contributed by atoms with van der Waals surface area (Å²) in [6, 6.07) is 13.0. The number of aromatic hydroxyl groups is 1. The Morgan fingerprint density at radius 3 is 2.66 bits per heavy atom. The fourth-order valence-corrected chi connectivity index (χ4v) is 3.92. The summed E-state index contributed by atoms with van der Waals surface area (Å²) in [6.07, 6.45) is 3.36. The quantitative estimate of drug-likeness (QED) is 0.498. The van der Waals surface area contributed by atoms with Crippen LogP contribution < -0.4 is 15.0 Å². The average Bonchev–Trinajstić information content (AvgIpc) is 3.22. The number of nitrogens with one attached hydrogen (secondary N) is 1. The molecule has 9 heteroatoms. The van der Waals surface area contributed by atoms with E-state index in [9.17, 15) is 5.11 Å². The number of likely N-dealkylation sites (N-methyl/N-ethyl adjacent to an activating group) is 1. The van der Waals surface area contributed by atoms with Crippen LogP contribution in [-0.2, 0) is 0 Å². The minimum Gasteiger partial charge on any atom is -0.508 e. The fourth-order valence-electron chi connectivity index (χ4n) is 3.92. The summed E-state index contributed by atoms with van der Waals surface area (Å²) in [5.74, 6) is 1.45. The van der Waals surface area contributed by atoms with E-state index in [1.165, 1.54) is 0 Å². The number of benzene rings is 2. The van der Waals surface area contributed by atoms with Crippen LogP contribution in [0.4, 0.5) is 17.3 Å². The van der Waals surface area contributed by atoms with Gasteiger partial charge in [-0.3, -0.25) is 4.98 Å². The lowest BCUT2D eigenvalue weighted by molar-refractivity contribution is 0.311. The van der Waals surface area contributed by atoms with E-state index in [1.54, 1.807) is 42.2 Å². The van der Waals surface area contributed by atoms with Crippen molar-refractivity contribution in [2.24, 2.45) is 0 Å². The van der Waals surface area contributed by atoms with Crippen LogP contribution in [0.3, 0.4) is 0 Å². The lowest BCUT2D eigenvalue weighted by Crippen LogP contribution is -2.44. The Balaban J connectivity index is 1.43. The highest BCUT2D eigenvalue weighted by atomic mass is 16.5. The van der Waals surface area contributed by atoms with Crippen molar-refractivity contribution in [2.75, 3.05) is 50.6 Å². The van der Waals surface area contributed by atoms with Crippen LogP contribution in [0.1, 0.15) is 0 Å². The summed E-state index contributed by atoms with van der Waals surface area (Å²) in [5, 5.41) is 17.7. The van der Waals surface area contributed by atoms with Gasteiger partial charge >= 0.3 is 0 Å². The Bertz CT molecular complexity index is 1250. The van der Waals surface area contributed by atoms with Gasteiger partial charge in [-0.1, -0.05) is 12.1 Å². The molecule has 1 aliphatic rings. The molecule has 0 aliphatic carbocycles. The molecule has 0 atom stereocenters. The molecule has 0 unspecified atom stereocenters. The highest BCUT2D eigenvalue weighted by molar-refractivity contribution is 5.69. The van der Waals surface area contributed by atoms with Gasteiger partial charge in [-0.15, -0.1) is 5.10 Å². The zero-order chi connectivity index (χ0) is 22.1. The largest absolute Gasteiger partial charge is 0.508 e. The molecule has 1 fully saturated rings. The summed E-state index contributed by atoms with van der Waals surface area (Å²) >= 11 is 0. The van der Waals surface area contributed by atoms with Crippen molar-refractivity contribution in [3.8, 4) is 22.8 Å². The molecule has 2 N–H and O–H groups in total. The normalized spacial score (nSPS) is 14.6. The van der Waals surface area contributed by atoms with Crippen LogP contribution in [0.25, 0.3) is 16.9 Å². The van der Waals surface area contributed by atoms with E-state index in [2.05, 4.69) is 43.3 Å². The number of hydrogen-bond donors (Lipinski definition) is 2. The first kappa shape index (κ1) is 20.1. The number of piperazine rings is 1. The predicted molar refractivity (Wildman–Crippen MR) is 124 cm³/mol. The van der Waals surface area contributed by atoms with Gasteiger partial charge in [-0.05, 0) is 31.3 Å². The zero-order valence-electron chi connectivity index (χ0n) is 18.1. The third-order valence-electron chi connectivity index (χ3n) is 5.67. The molecule has 0 radical (unpaired) electrons. The van der Waals surface area contributed by atoms with Crippen molar-refractivity contribution in [1.29, 1.82) is 0 Å². The molecule has 2 aromatic heterocycles. The molecule has 0 saturated carbocycles. The van der Waals surface area contributed by atoms with Gasteiger partial charge in [-0.25, -0.2) is 4.52 Å². The van der Waals surface area contributed by atoms with E-state index in [-0.39, 0.29) is 5.75 Å². The Labute approximate surface area is 185 Å². The second-order valence-corrected chi connectivity index (χ2v) is 7.85. The van der Waals surface area contributed by atoms with Gasteiger partial charge in [0.25, 0.3) is 0 Å². The minimum absolute atomic E-state index is 0.186. The SMILES string of the molecule is COc1cc(Nc2nc3cncc(-c4cccc(O)c4)n3n2)ccc1N1CCN(C)CC1. The fraction of sp³-hybridized carbons (Fsp3) is 0.261. The highest BCUT2D eigenvalue weighted by Gasteiger charge is 2.18. The van der Waals surface area contributed by atoms with Crippen molar-refractivity contribution in [2.45, 2.75) is 0 Å². The van der Waals surface area contributed by atoms with E-state index in [0.717, 1.165) is 54.6 Å². The Morgan fingerprint density at radius 2 is 1.88 bits per heavy atom. The molecule has 164 valence electrons.